The van der Waals surface area contributed by atoms with E-state index in [0.29, 0.717) is 34.4 Å². The fraction of sp³-hybridized carbons (Fsp3) is 0.267. The number of rotatable bonds is 6. The number of nitrogens with zero attached hydrogens (tertiary/aromatic N) is 1. The number of ether oxygens (including phenoxy) is 1. The van der Waals surface area contributed by atoms with Gasteiger partial charge in [0.2, 0.25) is 5.91 Å². The van der Waals surface area contributed by atoms with E-state index < -0.39 is 5.97 Å². The van der Waals surface area contributed by atoms with Crippen LogP contribution in [0, 0.1) is 6.92 Å². The highest BCUT2D eigenvalue weighted by Gasteiger charge is 2.10. The topological polar surface area (TPSA) is 93.5 Å². The molecule has 0 spiro atoms. The number of nitrogens with one attached hydrogen (secondary N) is 2. The molecule has 2 rings (SSSR count). The molecule has 0 radical (unpaired) electrons. The minimum Gasteiger partial charge on any atom is -0.465 e. The Morgan fingerprint density at radius 2 is 2.13 bits per heavy atom. The van der Waals surface area contributed by atoms with Gasteiger partial charge in [-0.15, -0.1) is 0 Å². The zero-order valence-corrected chi connectivity index (χ0v) is 13.4. The molecule has 0 saturated heterocycles. The smallest absolute Gasteiger partial charge is 0.337 e. The Morgan fingerprint density at radius 1 is 1.35 bits per heavy atom. The van der Waals surface area contributed by atoms with Crippen LogP contribution in [0.4, 0.5) is 11.5 Å². The Balaban J connectivity index is 1.88. The molecule has 122 valence electrons. The molecule has 1 aromatic carbocycles. The predicted octanol–water partition coefficient (Wildman–Crippen LogP) is 2.86. The highest BCUT2D eigenvalue weighted by molar-refractivity contribution is 6.33. The van der Waals surface area contributed by atoms with E-state index >= 15 is 0 Å². The number of benzene rings is 1. The Kier molecular flexibility index (Phi) is 5.59. The lowest BCUT2D eigenvalue weighted by atomic mass is 10.2. The number of carbonyl (C=O) groups is 2. The summed E-state index contributed by atoms with van der Waals surface area (Å²) in [4.78, 5) is 23.3. The van der Waals surface area contributed by atoms with E-state index in [1.54, 1.807) is 31.2 Å². The lowest BCUT2D eigenvalue weighted by Gasteiger charge is -2.09. The highest BCUT2D eigenvalue weighted by atomic mass is 35.5. The van der Waals surface area contributed by atoms with Crippen molar-refractivity contribution in [3.05, 3.63) is 40.6 Å². The van der Waals surface area contributed by atoms with Gasteiger partial charge >= 0.3 is 5.97 Å². The summed E-state index contributed by atoms with van der Waals surface area (Å²) in [6, 6.07) is 6.36. The molecule has 23 heavy (non-hydrogen) atoms. The van der Waals surface area contributed by atoms with E-state index in [1.807, 2.05) is 0 Å². The minimum absolute atomic E-state index is 0.199. The maximum Gasteiger partial charge on any atom is 0.337 e. The number of esters is 1. The van der Waals surface area contributed by atoms with Crippen LogP contribution in [0.3, 0.4) is 0 Å². The third-order valence-electron chi connectivity index (χ3n) is 2.95. The molecule has 0 atom stereocenters. The van der Waals surface area contributed by atoms with Crippen LogP contribution in [0.25, 0.3) is 0 Å². The summed E-state index contributed by atoms with van der Waals surface area (Å²) in [5, 5.41) is 9.75. The first-order valence-electron chi connectivity index (χ1n) is 6.84. The lowest BCUT2D eigenvalue weighted by molar-refractivity contribution is -0.116. The van der Waals surface area contributed by atoms with Gasteiger partial charge in [0.1, 0.15) is 5.76 Å². The number of aromatic nitrogens is 1. The molecule has 0 fully saturated rings. The summed E-state index contributed by atoms with van der Waals surface area (Å²) < 4.78 is 9.51. The van der Waals surface area contributed by atoms with Gasteiger partial charge in [0.15, 0.2) is 5.82 Å². The van der Waals surface area contributed by atoms with E-state index in [4.69, 9.17) is 16.1 Å². The predicted molar refractivity (Wildman–Crippen MR) is 85.8 cm³/mol. The number of carbonyl (C=O) groups excluding carboxylic acids is 2. The molecule has 1 aromatic heterocycles. The molecule has 7 nitrogen and oxygen atoms in total. The zero-order chi connectivity index (χ0) is 16.8. The van der Waals surface area contributed by atoms with Crippen molar-refractivity contribution in [1.82, 2.24) is 5.16 Å². The molecule has 0 saturated carbocycles. The number of halogens is 1. The summed E-state index contributed by atoms with van der Waals surface area (Å²) in [7, 11) is 1.31. The fourth-order valence-corrected chi connectivity index (χ4v) is 2.03. The van der Waals surface area contributed by atoms with Crippen LogP contribution in [0.15, 0.2) is 28.8 Å². The Labute approximate surface area is 137 Å². The molecular weight excluding hydrogens is 322 g/mol. The van der Waals surface area contributed by atoms with Crippen LogP contribution in [0.2, 0.25) is 5.02 Å². The molecule has 0 unspecified atom stereocenters. The van der Waals surface area contributed by atoms with Crippen molar-refractivity contribution in [2.75, 3.05) is 24.3 Å². The van der Waals surface area contributed by atoms with Gasteiger partial charge in [0, 0.05) is 19.0 Å². The second-order valence-corrected chi connectivity index (χ2v) is 5.14. The first kappa shape index (κ1) is 16.8. The molecule has 2 aromatic rings. The van der Waals surface area contributed by atoms with E-state index in [9.17, 15) is 9.59 Å². The number of amides is 1. The van der Waals surface area contributed by atoms with Gasteiger partial charge < -0.3 is 19.9 Å². The Hall–Kier alpha value is -2.54. The SMILES string of the molecule is COC(=O)c1ccc(Cl)c(NCCC(=O)Nc2cc(C)on2)c1. The fourth-order valence-electron chi connectivity index (χ4n) is 1.85. The monoisotopic (exact) mass is 337 g/mol. The lowest BCUT2D eigenvalue weighted by Crippen LogP contribution is -2.16. The summed E-state index contributed by atoms with van der Waals surface area (Å²) in [6.45, 7) is 2.08. The van der Waals surface area contributed by atoms with Crippen molar-refractivity contribution >= 4 is 35.0 Å². The van der Waals surface area contributed by atoms with E-state index in [0.717, 1.165) is 0 Å². The van der Waals surface area contributed by atoms with Crippen molar-refractivity contribution in [2.45, 2.75) is 13.3 Å². The summed E-state index contributed by atoms with van der Waals surface area (Å²) in [5.74, 6) is 0.318. The average molecular weight is 338 g/mol. The molecular formula is C15H16ClN3O4. The molecule has 1 amide bonds. The molecule has 0 aliphatic carbocycles. The van der Waals surface area contributed by atoms with Gasteiger partial charge in [-0.05, 0) is 25.1 Å². The molecule has 0 aliphatic rings. The van der Waals surface area contributed by atoms with E-state index in [2.05, 4.69) is 20.5 Å². The quantitative estimate of drug-likeness (QED) is 0.787. The van der Waals surface area contributed by atoms with Crippen LogP contribution in [-0.2, 0) is 9.53 Å². The number of hydrogen-bond acceptors (Lipinski definition) is 6. The van der Waals surface area contributed by atoms with Crippen molar-refractivity contribution in [1.29, 1.82) is 0 Å². The third-order valence-corrected chi connectivity index (χ3v) is 3.28. The standard InChI is InChI=1S/C15H16ClN3O4/c1-9-7-13(19-23-9)18-14(20)5-6-17-12-8-10(15(21)22-2)3-4-11(12)16/h3-4,7-8,17H,5-6H2,1-2H3,(H,18,19,20). The van der Waals surface area contributed by atoms with Crippen molar-refractivity contribution in [3.63, 3.8) is 0 Å². The van der Waals surface area contributed by atoms with Gasteiger partial charge in [-0.1, -0.05) is 16.8 Å². The van der Waals surface area contributed by atoms with E-state index in [1.165, 1.54) is 7.11 Å². The summed E-state index contributed by atoms with van der Waals surface area (Å²) in [5.41, 5.74) is 0.932. The van der Waals surface area contributed by atoms with Crippen molar-refractivity contribution < 1.29 is 18.8 Å². The zero-order valence-electron chi connectivity index (χ0n) is 12.7. The number of methoxy groups -OCH3 is 1. The number of hydrogen-bond donors (Lipinski definition) is 2. The minimum atomic E-state index is -0.455. The Morgan fingerprint density at radius 3 is 2.78 bits per heavy atom. The normalized spacial score (nSPS) is 10.2. The summed E-state index contributed by atoms with van der Waals surface area (Å²) >= 11 is 6.05. The molecule has 8 heteroatoms. The Bertz CT molecular complexity index is 714. The molecule has 1 heterocycles. The maximum absolute atomic E-state index is 11.8. The van der Waals surface area contributed by atoms with Crippen molar-refractivity contribution in [3.8, 4) is 0 Å². The second-order valence-electron chi connectivity index (χ2n) is 4.73. The van der Waals surface area contributed by atoms with Crippen molar-refractivity contribution in [2.24, 2.45) is 0 Å². The van der Waals surface area contributed by atoms with Gasteiger partial charge in [0.05, 0.1) is 23.4 Å². The first-order valence-corrected chi connectivity index (χ1v) is 7.22. The second kappa shape index (κ2) is 7.64. The molecule has 2 N–H and O–H groups in total. The van der Waals surface area contributed by atoms with E-state index in [-0.39, 0.29) is 12.3 Å². The molecule has 0 bridgehead atoms. The van der Waals surface area contributed by atoms with Gasteiger partial charge in [-0.3, -0.25) is 4.79 Å². The number of anilines is 2. The van der Waals surface area contributed by atoms with Crippen LogP contribution in [-0.4, -0.2) is 30.7 Å². The van der Waals surface area contributed by atoms with Crippen LogP contribution in [0.5, 0.6) is 0 Å². The van der Waals surface area contributed by atoms with Gasteiger partial charge in [-0.2, -0.15) is 0 Å². The van der Waals surface area contributed by atoms with Crippen LogP contribution in [0.1, 0.15) is 22.5 Å². The summed E-state index contributed by atoms with van der Waals surface area (Å²) in [6.07, 6.45) is 0.199. The number of aryl methyl sites for hydroxylation is 1. The van der Waals surface area contributed by atoms with Crippen LogP contribution >= 0.6 is 11.6 Å². The molecule has 0 aliphatic heterocycles. The largest absolute Gasteiger partial charge is 0.465 e. The average Bonchev–Trinajstić information content (AvgIpc) is 2.93. The first-order chi connectivity index (χ1) is 11.0. The maximum atomic E-state index is 11.8. The van der Waals surface area contributed by atoms with Gasteiger partial charge in [-0.25, -0.2) is 4.79 Å². The van der Waals surface area contributed by atoms with Gasteiger partial charge in [0.25, 0.3) is 0 Å². The third kappa shape index (κ3) is 4.72. The van der Waals surface area contributed by atoms with Crippen LogP contribution < -0.4 is 10.6 Å². The highest BCUT2D eigenvalue weighted by Crippen LogP contribution is 2.23.